The van der Waals surface area contributed by atoms with Crippen LogP contribution in [-0.2, 0) is 4.79 Å². The van der Waals surface area contributed by atoms with E-state index >= 15 is 0 Å². The molecule has 1 spiro atoms. The Morgan fingerprint density at radius 1 is 1.18 bits per heavy atom. The molecule has 7 nitrogen and oxygen atoms in total. The Hall–Kier alpha value is -2.96. The van der Waals surface area contributed by atoms with Gasteiger partial charge in [-0.2, -0.15) is 0 Å². The van der Waals surface area contributed by atoms with E-state index in [0.717, 1.165) is 42.3 Å². The van der Waals surface area contributed by atoms with Gasteiger partial charge in [0.25, 0.3) is 0 Å². The molecule has 0 radical (unpaired) electrons. The number of hydrogen-bond acceptors (Lipinski definition) is 6. The van der Waals surface area contributed by atoms with Gasteiger partial charge in [-0.05, 0) is 55.5 Å². The molecular weight excluding hydrogens is 354 g/mol. The molecule has 3 heterocycles. The standard InChI is InChI=1S/C21H23N5O2/c1-14(19(27)26-11-8-21(6-7-21)9-12-26)23-20-25-24-18(28-20)16-4-2-3-15-5-10-22-13-17(15)16/h2-5,10,13-14H,6-9,11-12H2,1H3,(H,23,25)/t14-/m0/s1. The summed E-state index contributed by atoms with van der Waals surface area (Å²) in [6, 6.07) is 7.69. The van der Waals surface area contributed by atoms with Gasteiger partial charge in [0.05, 0.1) is 0 Å². The zero-order chi connectivity index (χ0) is 19.1. The number of benzene rings is 1. The first-order valence-electron chi connectivity index (χ1n) is 9.86. The number of amides is 1. The van der Waals surface area contributed by atoms with Crippen LogP contribution in [-0.4, -0.2) is 45.1 Å². The fraction of sp³-hybridized carbons (Fsp3) is 0.429. The summed E-state index contributed by atoms with van der Waals surface area (Å²) in [5.41, 5.74) is 1.39. The summed E-state index contributed by atoms with van der Waals surface area (Å²) in [4.78, 5) is 18.9. The summed E-state index contributed by atoms with van der Waals surface area (Å²) < 4.78 is 5.80. The van der Waals surface area contributed by atoms with Crippen molar-refractivity contribution >= 4 is 22.7 Å². The molecule has 1 aromatic carbocycles. The minimum absolute atomic E-state index is 0.0876. The van der Waals surface area contributed by atoms with Crippen LogP contribution in [0.4, 0.5) is 6.01 Å². The molecule has 0 bridgehead atoms. The fourth-order valence-electron chi connectivity index (χ4n) is 4.09. The van der Waals surface area contributed by atoms with Crippen LogP contribution in [0.15, 0.2) is 41.1 Å². The van der Waals surface area contributed by atoms with Gasteiger partial charge in [0, 0.05) is 36.4 Å². The maximum absolute atomic E-state index is 12.8. The van der Waals surface area contributed by atoms with Crippen LogP contribution < -0.4 is 5.32 Å². The second-order valence-corrected chi connectivity index (χ2v) is 8.01. The Kier molecular flexibility index (Phi) is 4.03. The third kappa shape index (κ3) is 3.10. The minimum atomic E-state index is -0.407. The minimum Gasteiger partial charge on any atom is -0.403 e. The quantitative estimate of drug-likeness (QED) is 0.749. The zero-order valence-corrected chi connectivity index (χ0v) is 15.9. The average molecular weight is 377 g/mol. The van der Waals surface area contributed by atoms with Crippen LogP contribution in [0.2, 0.25) is 0 Å². The van der Waals surface area contributed by atoms with E-state index in [4.69, 9.17) is 4.42 Å². The van der Waals surface area contributed by atoms with Gasteiger partial charge in [-0.25, -0.2) is 0 Å². The number of aromatic nitrogens is 3. The number of nitrogens with zero attached hydrogens (tertiary/aromatic N) is 4. The molecule has 2 aliphatic rings. The molecular formula is C21H23N5O2. The molecule has 0 unspecified atom stereocenters. The highest BCUT2D eigenvalue weighted by molar-refractivity contribution is 5.94. The van der Waals surface area contributed by atoms with Gasteiger partial charge in [-0.15, -0.1) is 5.10 Å². The molecule has 1 saturated carbocycles. The number of nitrogens with one attached hydrogen (secondary N) is 1. The number of hydrogen-bond donors (Lipinski definition) is 1. The summed E-state index contributed by atoms with van der Waals surface area (Å²) in [6.45, 7) is 3.54. The summed E-state index contributed by atoms with van der Waals surface area (Å²) in [6.07, 6.45) is 8.47. The number of fused-ring (bicyclic) bond motifs is 1. The lowest BCUT2D eigenvalue weighted by Crippen LogP contribution is -2.45. The lowest BCUT2D eigenvalue weighted by atomic mass is 9.93. The molecule has 144 valence electrons. The van der Waals surface area contributed by atoms with Crippen LogP contribution in [0.3, 0.4) is 0 Å². The van der Waals surface area contributed by atoms with E-state index < -0.39 is 6.04 Å². The van der Waals surface area contributed by atoms with Crippen molar-refractivity contribution in [2.75, 3.05) is 18.4 Å². The molecule has 1 aliphatic carbocycles. The first-order chi connectivity index (χ1) is 13.6. The van der Waals surface area contributed by atoms with Crippen LogP contribution >= 0.6 is 0 Å². The lowest BCUT2D eigenvalue weighted by molar-refractivity contribution is -0.133. The Balaban J connectivity index is 1.29. The van der Waals surface area contributed by atoms with Crippen LogP contribution in [0.1, 0.15) is 32.6 Å². The molecule has 5 rings (SSSR count). The number of pyridine rings is 1. The summed E-state index contributed by atoms with van der Waals surface area (Å²) >= 11 is 0. The molecule has 1 saturated heterocycles. The van der Waals surface area contributed by atoms with Gasteiger partial charge in [-0.1, -0.05) is 17.2 Å². The number of carbonyl (C=O) groups excluding carboxylic acids is 1. The molecule has 7 heteroatoms. The van der Waals surface area contributed by atoms with Gasteiger partial charge in [-0.3, -0.25) is 9.78 Å². The molecule has 28 heavy (non-hydrogen) atoms. The van der Waals surface area contributed by atoms with Gasteiger partial charge in [0.1, 0.15) is 6.04 Å². The maximum atomic E-state index is 12.8. The Morgan fingerprint density at radius 3 is 2.79 bits per heavy atom. The van der Waals surface area contributed by atoms with E-state index in [0.29, 0.717) is 11.3 Å². The van der Waals surface area contributed by atoms with Crippen molar-refractivity contribution in [1.29, 1.82) is 0 Å². The summed E-state index contributed by atoms with van der Waals surface area (Å²) in [5.74, 6) is 0.499. The number of piperidine rings is 1. The Morgan fingerprint density at radius 2 is 2.00 bits per heavy atom. The monoisotopic (exact) mass is 377 g/mol. The molecule has 1 atom stereocenters. The zero-order valence-electron chi connectivity index (χ0n) is 15.9. The van der Waals surface area contributed by atoms with Crippen molar-refractivity contribution < 1.29 is 9.21 Å². The number of likely N-dealkylation sites (tertiary alicyclic amines) is 1. The van der Waals surface area contributed by atoms with Gasteiger partial charge in [0.2, 0.25) is 11.8 Å². The first kappa shape index (κ1) is 17.2. The molecule has 1 amide bonds. The van der Waals surface area contributed by atoms with Crippen molar-refractivity contribution in [3.8, 4) is 11.5 Å². The summed E-state index contributed by atoms with van der Waals surface area (Å²) in [7, 11) is 0. The highest BCUT2D eigenvalue weighted by Gasteiger charge is 2.45. The van der Waals surface area contributed by atoms with Crippen LogP contribution in [0, 0.1) is 5.41 Å². The van der Waals surface area contributed by atoms with Crippen LogP contribution in [0.5, 0.6) is 0 Å². The smallest absolute Gasteiger partial charge is 0.316 e. The lowest BCUT2D eigenvalue weighted by Gasteiger charge is -2.33. The van der Waals surface area contributed by atoms with Crippen molar-refractivity contribution in [3.05, 3.63) is 36.7 Å². The van der Waals surface area contributed by atoms with Gasteiger partial charge in [0.15, 0.2) is 0 Å². The first-order valence-corrected chi connectivity index (χ1v) is 9.86. The predicted molar refractivity (Wildman–Crippen MR) is 106 cm³/mol. The van der Waals surface area contributed by atoms with E-state index in [1.165, 1.54) is 12.8 Å². The highest BCUT2D eigenvalue weighted by Crippen LogP contribution is 2.53. The SMILES string of the molecule is C[C@H](Nc1nnc(-c2cccc3ccncc23)o1)C(=O)N1CCC2(CC1)CC2. The fourth-order valence-corrected chi connectivity index (χ4v) is 4.09. The normalized spacial score (nSPS) is 19.0. The van der Waals surface area contributed by atoms with Crippen LogP contribution in [0.25, 0.3) is 22.2 Å². The van der Waals surface area contributed by atoms with Gasteiger partial charge < -0.3 is 14.6 Å². The predicted octanol–water partition coefficient (Wildman–Crippen LogP) is 3.49. The Bertz CT molecular complexity index is 1010. The van der Waals surface area contributed by atoms with Crippen molar-refractivity contribution in [3.63, 3.8) is 0 Å². The van der Waals surface area contributed by atoms with Crippen molar-refractivity contribution in [1.82, 2.24) is 20.1 Å². The molecule has 1 aliphatic heterocycles. The third-order valence-electron chi connectivity index (χ3n) is 6.14. The largest absolute Gasteiger partial charge is 0.403 e. The van der Waals surface area contributed by atoms with E-state index in [2.05, 4.69) is 20.5 Å². The Labute approximate surface area is 163 Å². The van der Waals surface area contributed by atoms with E-state index in [1.807, 2.05) is 36.1 Å². The van der Waals surface area contributed by atoms with E-state index in [1.54, 1.807) is 12.4 Å². The van der Waals surface area contributed by atoms with Gasteiger partial charge >= 0.3 is 6.01 Å². The summed E-state index contributed by atoms with van der Waals surface area (Å²) in [5, 5.41) is 13.3. The van der Waals surface area contributed by atoms with E-state index in [9.17, 15) is 4.79 Å². The maximum Gasteiger partial charge on any atom is 0.316 e. The van der Waals surface area contributed by atoms with Crippen molar-refractivity contribution in [2.45, 2.75) is 38.6 Å². The average Bonchev–Trinajstić information content (AvgIpc) is 3.32. The highest BCUT2D eigenvalue weighted by atomic mass is 16.4. The molecule has 1 N–H and O–H groups in total. The van der Waals surface area contributed by atoms with Crippen molar-refractivity contribution in [2.24, 2.45) is 5.41 Å². The molecule has 2 fully saturated rings. The third-order valence-corrected chi connectivity index (χ3v) is 6.14. The number of anilines is 1. The van der Waals surface area contributed by atoms with E-state index in [-0.39, 0.29) is 11.9 Å². The second kappa shape index (κ2) is 6.58. The molecule has 3 aromatic rings. The number of rotatable bonds is 4. The number of carbonyl (C=O) groups is 1. The second-order valence-electron chi connectivity index (χ2n) is 8.01. The molecule has 2 aromatic heterocycles. The topological polar surface area (TPSA) is 84.1 Å².